The zero-order chi connectivity index (χ0) is 14.1. The summed E-state index contributed by atoms with van der Waals surface area (Å²) in [6.45, 7) is 3.67. The maximum absolute atomic E-state index is 12.3. The normalized spacial score (nSPS) is 10.7. The maximum atomic E-state index is 12.3. The molecule has 0 saturated carbocycles. The van der Waals surface area contributed by atoms with Gasteiger partial charge in [-0.25, -0.2) is 0 Å². The predicted octanol–water partition coefficient (Wildman–Crippen LogP) is 3.00. The Labute approximate surface area is 118 Å². The Morgan fingerprint density at radius 1 is 1.45 bits per heavy atom. The summed E-state index contributed by atoms with van der Waals surface area (Å²) in [7, 11) is 0. The number of rotatable bonds is 3. The van der Waals surface area contributed by atoms with E-state index in [4.69, 9.17) is 4.52 Å². The van der Waals surface area contributed by atoms with Crippen LogP contribution in [0.4, 0.5) is 5.88 Å². The van der Waals surface area contributed by atoms with Crippen LogP contribution in [0.2, 0.25) is 0 Å². The van der Waals surface area contributed by atoms with Gasteiger partial charge in [0.2, 0.25) is 5.88 Å². The number of carbonyl (C=O) groups excluding carboxylic acids is 1. The number of hydrogen-bond acceptors (Lipinski definition) is 5. The van der Waals surface area contributed by atoms with Crippen LogP contribution in [0.15, 0.2) is 28.2 Å². The van der Waals surface area contributed by atoms with Crippen LogP contribution >= 0.6 is 11.3 Å². The van der Waals surface area contributed by atoms with Gasteiger partial charge in [-0.3, -0.25) is 15.2 Å². The zero-order valence-electron chi connectivity index (χ0n) is 10.9. The number of anilines is 1. The van der Waals surface area contributed by atoms with Gasteiger partial charge in [-0.2, -0.15) is 5.10 Å². The van der Waals surface area contributed by atoms with E-state index in [0.29, 0.717) is 17.1 Å². The first-order chi connectivity index (χ1) is 9.66. The Morgan fingerprint density at radius 2 is 2.30 bits per heavy atom. The van der Waals surface area contributed by atoms with E-state index in [-0.39, 0.29) is 5.91 Å². The molecule has 3 aromatic heterocycles. The third-order valence-corrected chi connectivity index (χ3v) is 3.92. The molecule has 7 heteroatoms. The third kappa shape index (κ3) is 2.12. The molecule has 0 aromatic carbocycles. The monoisotopic (exact) mass is 288 g/mol. The number of H-pyrrole nitrogens is 1. The lowest BCUT2D eigenvalue weighted by Crippen LogP contribution is -2.12. The van der Waals surface area contributed by atoms with E-state index in [9.17, 15) is 4.79 Å². The lowest BCUT2D eigenvalue weighted by atomic mass is 10.2. The van der Waals surface area contributed by atoms with Crippen molar-refractivity contribution < 1.29 is 9.32 Å². The molecule has 0 radical (unpaired) electrons. The number of nitrogens with zero attached hydrogens (tertiary/aromatic N) is 2. The van der Waals surface area contributed by atoms with Gasteiger partial charge in [-0.05, 0) is 25.3 Å². The average molecular weight is 288 g/mol. The lowest BCUT2D eigenvalue weighted by Gasteiger charge is -2.02. The second-order valence-electron chi connectivity index (χ2n) is 4.31. The van der Waals surface area contributed by atoms with E-state index in [1.807, 2.05) is 31.4 Å². The van der Waals surface area contributed by atoms with Crippen LogP contribution in [0.1, 0.15) is 21.6 Å². The predicted molar refractivity (Wildman–Crippen MR) is 75.8 cm³/mol. The molecular formula is C13H12N4O2S. The van der Waals surface area contributed by atoms with Crippen LogP contribution in [0.3, 0.4) is 0 Å². The molecule has 2 N–H and O–H groups in total. The van der Waals surface area contributed by atoms with E-state index in [1.165, 1.54) is 17.5 Å². The average Bonchev–Trinajstić information content (AvgIpc) is 3.14. The van der Waals surface area contributed by atoms with E-state index < -0.39 is 0 Å². The van der Waals surface area contributed by atoms with Gasteiger partial charge in [0.25, 0.3) is 5.91 Å². The van der Waals surface area contributed by atoms with Crippen LogP contribution in [-0.2, 0) is 0 Å². The molecule has 0 bridgehead atoms. The molecule has 3 heterocycles. The first kappa shape index (κ1) is 12.6. The van der Waals surface area contributed by atoms with E-state index >= 15 is 0 Å². The Kier molecular flexibility index (Phi) is 3.11. The highest BCUT2D eigenvalue weighted by molar-refractivity contribution is 7.13. The molecule has 0 aliphatic heterocycles. The van der Waals surface area contributed by atoms with Gasteiger partial charge in [0.1, 0.15) is 0 Å². The van der Waals surface area contributed by atoms with Gasteiger partial charge in [-0.1, -0.05) is 11.2 Å². The number of nitrogens with one attached hydrogen (secondary N) is 2. The zero-order valence-corrected chi connectivity index (χ0v) is 11.7. The molecule has 0 spiro atoms. The van der Waals surface area contributed by atoms with Crippen LogP contribution in [0.5, 0.6) is 0 Å². The fourth-order valence-electron chi connectivity index (χ4n) is 1.77. The second kappa shape index (κ2) is 4.93. The van der Waals surface area contributed by atoms with Gasteiger partial charge in [0, 0.05) is 5.56 Å². The number of aromatic nitrogens is 3. The number of thiophene rings is 1. The number of amides is 1. The third-order valence-electron chi connectivity index (χ3n) is 3.04. The van der Waals surface area contributed by atoms with E-state index in [0.717, 1.165) is 16.1 Å². The fraction of sp³-hybridized carbons (Fsp3) is 0.154. The molecule has 3 aromatic rings. The van der Waals surface area contributed by atoms with Gasteiger partial charge in [0.15, 0.2) is 0 Å². The van der Waals surface area contributed by atoms with Gasteiger partial charge in [-0.15, -0.1) is 11.3 Å². The summed E-state index contributed by atoms with van der Waals surface area (Å²) in [6.07, 6.45) is 1.50. The van der Waals surface area contributed by atoms with Gasteiger partial charge < -0.3 is 4.52 Å². The summed E-state index contributed by atoms with van der Waals surface area (Å²) in [4.78, 5) is 13.3. The molecule has 20 heavy (non-hydrogen) atoms. The highest BCUT2D eigenvalue weighted by Crippen LogP contribution is 2.27. The van der Waals surface area contributed by atoms with Crippen molar-refractivity contribution in [1.82, 2.24) is 15.4 Å². The van der Waals surface area contributed by atoms with Crippen LogP contribution in [0.25, 0.3) is 10.6 Å². The maximum Gasteiger partial charge on any atom is 0.261 e. The SMILES string of the molecule is Cc1noc(NC(=O)c2cn[nH]c2-c2cccs2)c1C. The van der Waals surface area contributed by atoms with Crippen molar-refractivity contribution in [2.24, 2.45) is 0 Å². The van der Waals surface area contributed by atoms with E-state index in [1.54, 1.807) is 0 Å². The first-order valence-corrected chi connectivity index (χ1v) is 6.86. The first-order valence-electron chi connectivity index (χ1n) is 5.98. The van der Waals surface area contributed by atoms with Crippen LogP contribution in [0, 0.1) is 13.8 Å². The Hall–Kier alpha value is -2.41. The van der Waals surface area contributed by atoms with Crippen LogP contribution in [-0.4, -0.2) is 21.3 Å². The standard InChI is InChI=1S/C13H12N4O2S/c1-7-8(2)17-19-13(7)15-12(18)9-6-14-16-11(9)10-4-3-5-20-10/h3-6H,1-2H3,(H,14,16)(H,15,18). The van der Waals surface area contributed by atoms with Crippen molar-refractivity contribution in [1.29, 1.82) is 0 Å². The number of aromatic amines is 1. The van der Waals surface area contributed by atoms with Crippen molar-refractivity contribution in [3.05, 3.63) is 40.5 Å². The lowest BCUT2D eigenvalue weighted by molar-refractivity contribution is 0.102. The molecule has 0 atom stereocenters. The molecule has 1 amide bonds. The van der Waals surface area contributed by atoms with Crippen molar-refractivity contribution in [2.45, 2.75) is 13.8 Å². The summed E-state index contributed by atoms with van der Waals surface area (Å²) in [5.74, 6) is 0.0900. The molecule has 0 saturated heterocycles. The Bertz CT molecular complexity index is 742. The van der Waals surface area contributed by atoms with Crippen LogP contribution < -0.4 is 5.32 Å². The minimum atomic E-state index is -0.276. The van der Waals surface area contributed by atoms with Crippen molar-refractivity contribution in [3.63, 3.8) is 0 Å². The molecule has 102 valence electrons. The highest BCUT2D eigenvalue weighted by Gasteiger charge is 2.19. The summed E-state index contributed by atoms with van der Waals surface area (Å²) in [6, 6.07) is 3.85. The summed E-state index contributed by atoms with van der Waals surface area (Å²) < 4.78 is 5.08. The minimum Gasteiger partial charge on any atom is -0.338 e. The van der Waals surface area contributed by atoms with Crippen molar-refractivity contribution in [2.75, 3.05) is 5.32 Å². The van der Waals surface area contributed by atoms with Crippen molar-refractivity contribution >= 4 is 23.1 Å². The number of hydrogen-bond donors (Lipinski definition) is 2. The molecule has 0 unspecified atom stereocenters. The molecule has 6 nitrogen and oxygen atoms in total. The highest BCUT2D eigenvalue weighted by atomic mass is 32.1. The fourth-order valence-corrected chi connectivity index (χ4v) is 2.50. The summed E-state index contributed by atoms with van der Waals surface area (Å²) in [5, 5.41) is 15.3. The van der Waals surface area contributed by atoms with E-state index in [2.05, 4.69) is 20.7 Å². The second-order valence-corrected chi connectivity index (χ2v) is 5.26. The van der Waals surface area contributed by atoms with Gasteiger partial charge >= 0.3 is 0 Å². The molecule has 0 aliphatic rings. The summed E-state index contributed by atoms with van der Waals surface area (Å²) in [5.41, 5.74) is 2.75. The Morgan fingerprint density at radius 3 is 2.95 bits per heavy atom. The molecule has 3 rings (SSSR count). The number of carbonyl (C=O) groups is 1. The molecule has 0 fully saturated rings. The van der Waals surface area contributed by atoms with Gasteiger partial charge in [0.05, 0.1) is 28.0 Å². The topological polar surface area (TPSA) is 83.8 Å². The Balaban J connectivity index is 1.89. The quantitative estimate of drug-likeness (QED) is 0.776. The molecular weight excluding hydrogens is 276 g/mol. The smallest absolute Gasteiger partial charge is 0.261 e. The van der Waals surface area contributed by atoms with Crippen molar-refractivity contribution in [3.8, 4) is 10.6 Å². The summed E-state index contributed by atoms with van der Waals surface area (Å²) >= 11 is 1.54. The number of aryl methyl sites for hydroxylation is 1. The minimum absolute atomic E-state index is 0.276. The molecule has 0 aliphatic carbocycles. The largest absolute Gasteiger partial charge is 0.338 e.